The van der Waals surface area contributed by atoms with Crippen molar-refractivity contribution in [1.82, 2.24) is 19.4 Å². The summed E-state index contributed by atoms with van der Waals surface area (Å²) in [7, 11) is -3.66. The summed E-state index contributed by atoms with van der Waals surface area (Å²) >= 11 is 0. The van der Waals surface area contributed by atoms with Gasteiger partial charge in [0.2, 0.25) is 15.8 Å². The number of rotatable bonds is 7. The van der Waals surface area contributed by atoms with Crippen LogP contribution < -0.4 is 10.00 Å². The van der Waals surface area contributed by atoms with Crippen LogP contribution in [0.15, 0.2) is 59.5 Å². The Labute approximate surface area is 186 Å². The number of aryl methyl sites for hydroxylation is 1. The van der Waals surface area contributed by atoms with E-state index in [1.54, 1.807) is 36.7 Å². The third kappa shape index (κ3) is 4.02. The minimum atomic E-state index is -3.66. The molecular weight excluding hydrogens is 428 g/mol. The molecular formula is C22H25N6O3S+. The second-order valence-corrected chi connectivity index (χ2v) is 9.25. The van der Waals surface area contributed by atoms with Gasteiger partial charge in [0.15, 0.2) is 5.52 Å². The summed E-state index contributed by atoms with van der Waals surface area (Å²) in [5.74, 6) is 0.571. The van der Waals surface area contributed by atoms with Crippen molar-refractivity contribution in [3.63, 3.8) is 0 Å². The summed E-state index contributed by atoms with van der Waals surface area (Å²) in [6, 6.07) is 15.5. The van der Waals surface area contributed by atoms with E-state index >= 15 is 0 Å². The topological polar surface area (TPSA) is 115 Å². The minimum Gasteiger partial charge on any atom is -0.258 e. The maximum atomic E-state index is 13.0. The highest BCUT2D eigenvalue weighted by atomic mass is 32.2. The fourth-order valence-electron chi connectivity index (χ4n) is 3.54. The maximum absolute atomic E-state index is 13.0. The molecule has 0 fully saturated rings. The number of carbonyl (C=O) groups excluding carboxylic acids is 1. The molecule has 32 heavy (non-hydrogen) atoms. The zero-order valence-electron chi connectivity index (χ0n) is 18.1. The highest BCUT2D eigenvalue weighted by molar-refractivity contribution is 7.89. The molecule has 0 aliphatic carbocycles. The van der Waals surface area contributed by atoms with Crippen molar-refractivity contribution in [2.24, 2.45) is 0 Å². The first-order valence-corrected chi connectivity index (χ1v) is 11.8. The molecule has 4 rings (SSSR count). The predicted octanol–water partition coefficient (Wildman–Crippen LogP) is 2.76. The van der Waals surface area contributed by atoms with Gasteiger partial charge in [0.1, 0.15) is 5.52 Å². The number of imidazole rings is 1. The van der Waals surface area contributed by atoms with Crippen LogP contribution in [-0.2, 0) is 10.0 Å². The lowest BCUT2D eigenvalue weighted by Crippen LogP contribution is -2.38. The van der Waals surface area contributed by atoms with Crippen LogP contribution in [0.5, 0.6) is 0 Å². The lowest BCUT2D eigenvalue weighted by Gasteiger charge is -2.18. The Morgan fingerprint density at radius 3 is 2.56 bits per heavy atom. The summed E-state index contributed by atoms with van der Waals surface area (Å²) < 4.78 is 28.7. The Morgan fingerprint density at radius 1 is 1.09 bits per heavy atom. The van der Waals surface area contributed by atoms with Gasteiger partial charge in [-0.25, -0.2) is 8.42 Å². The van der Waals surface area contributed by atoms with Gasteiger partial charge in [-0.1, -0.05) is 32.0 Å². The molecule has 2 aromatic heterocycles. The van der Waals surface area contributed by atoms with E-state index in [0.29, 0.717) is 24.9 Å². The number of nitrogens with one attached hydrogen (secondary N) is 3. The number of carbonyl (C=O) groups is 1. The molecule has 0 aliphatic rings. The molecule has 166 valence electrons. The second kappa shape index (κ2) is 8.56. The van der Waals surface area contributed by atoms with E-state index in [1.807, 2.05) is 31.2 Å². The largest absolute Gasteiger partial charge is 0.374 e. The Bertz CT molecular complexity index is 1350. The summed E-state index contributed by atoms with van der Waals surface area (Å²) in [6.07, 6.45) is 0. The van der Waals surface area contributed by atoms with Crippen LogP contribution in [0.3, 0.4) is 0 Å². The zero-order valence-corrected chi connectivity index (χ0v) is 18.9. The van der Waals surface area contributed by atoms with Crippen molar-refractivity contribution in [1.29, 1.82) is 0 Å². The number of sulfonamides is 1. The molecule has 4 aromatic rings. The maximum Gasteiger partial charge on any atom is 0.374 e. The lowest BCUT2D eigenvalue weighted by atomic mass is 10.2. The Kier molecular flexibility index (Phi) is 5.81. The second-order valence-electron chi connectivity index (χ2n) is 7.31. The van der Waals surface area contributed by atoms with Crippen LogP contribution in [0, 0.1) is 6.92 Å². The number of hydrogen-bond acceptors (Lipinski definition) is 4. The molecule has 10 heteroatoms. The number of aromatic amines is 2. The monoisotopic (exact) mass is 453 g/mol. The molecule has 9 nitrogen and oxygen atoms in total. The first-order chi connectivity index (χ1) is 15.3. The van der Waals surface area contributed by atoms with Crippen LogP contribution in [0.2, 0.25) is 0 Å². The molecule has 0 saturated carbocycles. The number of anilines is 1. The lowest BCUT2D eigenvalue weighted by molar-refractivity contribution is -0.648. The van der Waals surface area contributed by atoms with Crippen molar-refractivity contribution < 1.29 is 17.9 Å². The van der Waals surface area contributed by atoms with E-state index in [1.165, 1.54) is 16.4 Å². The van der Waals surface area contributed by atoms with Gasteiger partial charge in [0.05, 0.1) is 10.5 Å². The van der Waals surface area contributed by atoms with Gasteiger partial charge >= 0.3 is 5.95 Å². The van der Waals surface area contributed by atoms with E-state index in [4.69, 9.17) is 0 Å². The van der Waals surface area contributed by atoms with Crippen LogP contribution >= 0.6 is 0 Å². The quantitative estimate of drug-likeness (QED) is 0.373. The number of amides is 1. The van der Waals surface area contributed by atoms with Gasteiger partial charge in [0, 0.05) is 24.8 Å². The number of H-pyrrole nitrogens is 2. The van der Waals surface area contributed by atoms with Crippen LogP contribution in [0.25, 0.3) is 17.0 Å². The van der Waals surface area contributed by atoms with Crippen LogP contribution in [-0.4, -0.2) is 46.8 Å². The van der Waals surface area contributed by atoms with Gasteiger partial charge in [-0.3, -0.25) is 20.2 Å². The molecule has 1 amide bonds. The van der Waals surface area contributed by atoms with Crippen molar-refractivity contribution in [3.05, 3.63) is 65.9 Å². The average Bonchev–Trinajstić information content (AvgIpc) is 3.37. The standard InChI is InChI=1S/C22H24N6O3S/c1-4-27(5-2)32(30,31)17-10-8-9-16(14-17)21(29)25-20-13-15(3)26-28(20)22-23-18-11-6-7-12-19(18)24-22/h6-14H,4-5H2,1-3H3,(H2,23,24,25,26,29)/p+1. The fourth-order valence-corrected chi connectivity index (χ4v) is 5.05. The number of nitrogens with zero attached hydrogens (tertiary/aromatic N) is 3. The van der Waals surface area contributed by atoms with Crippen molar-refractivity contribution in [2.45, 2.75) is 25.7 Å². The van der Waals surface area contributed by atoms with Crippen molar-refractivity contribution in [3.8, 4) is 5.95 Å². The molecule has 0 radical (unpaired) electrons. The summed E-state index contributed by atoms with van der Waals surface area (Å²) in [5.41, 5.74) is 2.73. The van der Waals surface area contributed by atoms with E-state index in [0.717, 1.165) is 16.7 Å². The van der Waals surface area contributed by atoms with Gasteiger partial charge in [-0.15, -0.1) is 9.67 Å². The normalized spacial score (nSPS) is 11.9. The fraction of sp³-hybridized carbons (Fsp3) is 0.227. The molecule has 0 spiro atoms. The van der Waals surface area contributed by atoms with Crippen molar-refractivity contribution in [2.75, 3.05) is 18.4 Å². The molecule has 0 aliphatic heterocycles. The highest BCUT2D eigenvalue weighted by Crippen LogP contribution is 2.18. The van der Waals surface area contributed by atoms with Gasteiger partial charge in [-0.05, 0) is 37.3 Å². The Balaban J connectivity index is 1.65. The molecule has 0 atom stereocenters. The molecule has 0 unspecified atom stereocenters. The Morgan fingerprint density at radius 2 is 1.84 bits per heavy atom. The average molecular weight is 454 g/mol. The van der Waals surface area contributed by atoms with Gasteiger partial charge in [-0.2, -0.15) is 4.31 Å². The molecule has 0 bridgehead atoms. The Hall–Kier alpha value is -3.50. The summed E-state index contributed by atoms with van der Waals surface area (Å²) in [6.45, 7) is 6.14. The van der Waals surface area contributed by atoms with Gasteiger partial charge < -0.3 is 0 Å². The number of hydrogen-bond donors (Lipinski definition) is 3. The minimum absolute atomic E-state index is 0.0873. The number of benzene rings is 2. The third-order valence-electron chi connectivity index (χ3n) is 5.15. The van der Waals surface area contributed by atoms with E-state index in [2.05, 4.69) is 20.4 Å². The predicted molar refractivity (Wildman–Crippen MR) is 121 cm³/mol. The molecule has 2 aromatic carbocycles. The van der Waals surface area contributed by atoms with Crippen LogP contribution in [0.4, 0.5) is 5.82 Å². The third-order valence-corrected chi connectivity index (χ3v) is 7.20. The zero-order chi connectivity index (χ0) is 22.9. The molecule has 2 heterocycles. The van der Waals surface area contributed by atoms with E-state index in [9.17, 15) is 13.2 Å². The van der Waals surface area contributed by atoms with E-state index < -0.39 is 15.9 Å². The van der Waals surface area contributed by atoms with Gasteiger partial charge in [0.25, 0.3) is 5.91 Å². The SMILES string of the molecule is CCN(CC)S(=O)(=O)c1cccc(C(=O)Nc2cc(C)[nH][n+]2-c2nc3ccccc3[nH]2)c1. The molecule has 3 N–H and O–H groups in total. The number of para-hydroxylation sites is 2. The first kappa shape index (κ1) is 21.7. The summed E-state index contributed by atoms with van der Waals surface area (Å²) in [4.78, 5) is 20.9. The highest BCUT2D eigenvalue weighted by Gasteiger charge is 2.24. The van der Waals surface area contributed by atoms with E-state index in [-0.39, 0.29) is 10.5 Å². The molecule has 0 saturated heterocycles. The number of fused-ring (bicyclic) bond motifs is 1. The number of aromatic nitrogens is 4. The first-order valence-electron chi connectivity index (χ1n) is 10.3. The van der Waals surface area contributed by atoms with Crippen molar-refractivity contribution >= 4 is 32.8 Å². The smallest absolute Gasteiger partial charge is 0.258 e. The summed E-state index contributed by atoms with van der Waals surface area (Å²) in [5, 5.41) is 6.00. The van der Waals surface area contributed by atoms with Crippen LogP contribution in [0.1, 0.15) is 29.9 Å².